The molecule has 4 nitrogen and oxygen atoms in total. The molecule has 1 aromatic rings. The third kappa shape index (κ3) is 3.34. The van der Waals surface area contributed by atoms with Gasteiger partial charge in [0.2, 0.25) is 11.8 Å². The van der Waals surface area contributed by atoms with Gasteiger partial charge in [-0.1, -0.05) is 11.6 Å². The predicted molar refractivity (Wildman–Crippen MR) is 59.3 cm³/mol. The van der Waals surface area contributed by atoms with Crippen LogP contribution in [0.15, 0.2) is 6.07 Å². The molecule has 1 heterocycles. The van der Waals surface area contributed by atoms with E-state index in [0.29, 0.717) is 0 Å². The lowest BCUT2D eigenvalue weighted by atomic mass is 10.3. The topological polar surface area (TPSA) is 51.2 Å². The molecule has 88 valence electrons. The molecule has 0 aromatic carbocycles. The zero-order valence-corrected chi connectivity index (χ0v) is 9.93. The van der Waals surface area contributed by atoms with E-state index < -0.39 is 11.7 Å². The van der Waals surface area contributed by atoms with Crippen LogP contribution in [-0.4, -0.2) is 17.0 Å². The van der Waals surface area contributed by atoms with E-state index in [9.17, 15) is 9.18 Å². The molecule has 0 aliphatic heterocycles. The SMILES string of the molecule is CC(=O)Nc1cc(OC(C)C)nc(Cl)c1F. The molecule has 0 aliphatic rings. The number of anilines is 1. The highest BCUT2D eigenvalue weighted by Crippen LogP contribution is 2.25. The summed E-state index contributed by atoms with van der Waals surface area (Å²) >= 11 is 5.57. The Kier molecular flexibility index (Phi) is 4.06. The first-order valence-corrected chi connectivity index (χ1v) is 5.08. The van der Waals surface area contributed by atoms with E-state index in [1.165, 1.54) is 13.0 Å². The number of carbonyl (C=O) groups excluding carboxylic acids is 1. The first-order chi connectivity index (χ1) is 7.40. The number of halogens is 2. The number of amides is 1. The Hall–Kier alpha value is -1.36. The van der Waals surface area contributed by atoms with Crippen LogP contribution in [0.1, 0.15) is 20.8 Å². The van der Waals surface area contributed by atoms with Crippen molar-refractivity contribution in [3.63, 3.8) is 0 Å². The van der Waals surface area contributed by atoms with Gasteiger partial charge in [0.1, 0.15) is 0 Å². The van der Waals surface area contributed by atoms with E-state index in [2.05, 4.69) is 10.3 Å². The lowest BCUT2D eigenvalue weighted by Crippen LogP contribution is -2.11. The summed E-state index contributed by atoms with van der Waals surface area (Å²) in [4.78, 5) is 14.5. The van der Waals surface area contributed by atoms with E-state index in [0.717, 1.165) is 0 Å². The van der Waals surface area contributed by atoms with Crippen molar-refractivity contribution in [1.82, 2.24) is 4.98 Å². The van der Waals surface area contributed by atoms with Crippen LogP contribution in [0.4, 0.5) is 10.1 Å². The minimum absolute atomic E-state index is 0.0388. The fourth-order valence-corrected chi connectivity index (χ4v) is 1.24. The standard InChI is InChI=1S/C10H12ClFN2O2/c1-5(2)16-8-4-7(13-6(3)15)9(12)10(11)14-8/h4-5H,1-3H3,(H,13,14,15). The van der Waals surface area contributed by atoms with Crippen LogP contribution in [0.2, 0.25) is 5.15 Å². The maximum absolute atomic E-state index is 13.4. The molecule has 16 heavy (non-hydrogen) atoms. The van der Waals surface area contributed by atoms with Gasteiger partial charge in [-0.15, -0.1) is 0 Å². The minimum atomic E-state index is -0.770. The van der Waals surface area contributed by atoms with Gasteiger partial charge in [0.05, 0.1) is 11.8 Å². The van der Waals surface area contributed by atoms with Gasteiger partial charge in [-0.25, -0.2) is 4.39 Å². The zero-order valence-electron chi connectivity index (χ0n) is 9.17. The molecule has 0 radical (unpaired) electrons. The Morgan fingerprint density at radius 3 is 2.75 bits per heavy atom. The van der Waals surface area contributed by atoms with Crippen LogP contribution in [0.5, 0.6) is 5.88 Å². The van der Waals surface area contributed by atoms with Gasteiger partial charge in [-0.05, 0) is 13.8 Å². The highest BCUT2D eigenvalue weighted by Gasteiger charge is 2.13. The molecule has 0 bridgehead atoms. The second kappa shape index (κ2) is 5.12. The normalized spacial score (nSPS) is 10.4. The monoisotopic (exact) mass is 246 g/mol. The van der Waals surface area contributed by atoms with E-state index in [1.54, 1.807) is 13.8 Å². The van der Waals surface area contributed by atoms with E-state index in [4.69, 9.17) is 16.3 Å². The van der Waals surface area contributed by atoms with Crippen LogP contribution in [0.3, 0.4) is 0 Å². The molecule has 0 saturated heterocycles. The summed E-state index contributed by atoms with van der Waals surface area (Å²) in [5.41, 5.74) is -0.0388. The lowest BCUT2D eigenvalue weighted by molar-refractivity contribution is -0.114. The molecule has 0 saturated carbocycles. The van der Waals surface area contributed by atoms with Gasteiger partial charge in [-0.2, -0.15) is 4.98 Å². The highest BCUT2D eigenvalue weighted by atomic mass is 35.5. The second-order valence-electron chi connectivity index (χ2n) is 3.46. The van der Waals surface area contributed by atoms with Crippen LogP contribution >= 0.6 is 11.6 Å². The number of nitrogens with one attached hydrogen (secondary N) is 1. The highest BCUT2D eigenvalue weighted by molar-refractivity contribution is 6.30. The van der Waals surface area contributed by atoms with Gasteiger partial charge in [0, 0.05) is 13.0 Å². The number of nitrogens with zero attached hydrogens (tertiary/aromatic N) is 1. The third-order valence-electron chi connectivity index (χ3n) is 1.56. The lowest BCUT2D eigenvalue weighted by Gasteiger charge is -2.11. The van der Waals surface area contributed by atoms with Crippen molar-refractivity contribution in [2.24, 2.45) is 0 Å². The van der Waals surface area contributed by atoms with Crippen LogP contribution < -0.4 is 10.1 Å². The molecule has 1 N–H and O–H groups in total. The van der Waals surface area contributed by atoms with Crippen LogP contribution in [0.25, 0.3) is 0 Å². The second-order valence-corrected chi connectivity index (χ2v) is 3.82. The molecule has 6 heteroatoms. The smallest absolute Gasteiger partial charge is 0.221 e. The molecule has 0 unspecified atom stereocenters. The largest absolute Gasteiger partial charge is 0.475 e. The predicted octanol–water partition coefficient (Wildman–Crippen LogP) is 2.62. The fraction of sp³-hybridized carbons (Fsp3) is 0.400. The number of aromatic nitrogens is 1. The number of carbonyl (C=O) groups is 1. The third-order valence-corrected chi connectivity index (χ3v) is 1.81. The summed E-state index contributed by atoms with van der Waals surface area (Å²) in [6, 6.07) is 1.29. The molecule has 0 fully saturated rings. The van der Waals surface area contributed by atoms with Gasteiger partial charge < -0.3 is 10.1 Å². The number of hydrogen-bond acceptors (Lipinski definition) is 3. The van der Waals surface area contributed by atoms with Gasteiger partial charge >= 0.3 is 0 Å². The van der Waals surface area contributed by atoms with Crippen molar-refractivity contribution in [2.75, 3.05) is 5.32 Å². The first-order valence-electron chi connectivity index (χ1n) is 4.70. The van der Waals surface area contributed by atoms with E-state index >= 15 is 0 Å². The Morgan fingerprint density at radius 1 is 1.62 bits per heavy atom. The van der Waals surface area contributed by atoms with E-state index in [-0.39, 0.29) is 22.8 Å². The number of rotatable bonds is 3. The molecule has 0 atom stereocenters. The molecular formula is C10H12ClFN2O2. The number of pyridine rings is 1. The molecule has 1 aromatic heterocycles. The van der Waals surface area contributed by atoms with Crippen molar-refractivity contribution >= 4 is 23.2 Å². The summed E-state index contributed by atoms with van der Waals surface area (Å²) < 4.78 is 18.7. The van der Waals surface area contributed by atoms with Crippen LogP contribution in [-0.2, 0) is 4.79 Å². The minimum Gasteiger partial charge on any atom is -0.475 e. The molecular weight excluding hydrogens is 235 g/mol. The summed E-state index contributed by atoms with van der Waals surface area (Å²) in [5.74, 6) is -0.991. The quantitative estimate of drug-likeness (QED) is 0.834. The van der Waals surface area contributed by atoms with Gasteiger partial charge in [0.25, 0.3) is 0 Å². The van der Waals surface area contributed by atoms with Crippen LogP contribution in [0, 0.1) is 5.82 Å². The fourth-order valence-electron chi connectivity index (χ4n) is 1.06. The van der Waals surface area contributed by atoms with Crippen molar-refractivity contribution in [2.45, 2.75) is 26.9 Å². The Labute approximate surface area is 97.8 Å². The average molecular weight is 247 g/mol. The number of ether oxygens (including phenoxy) is 1. The van der Waals surface area contributed by atoms with E-state index in [1.807, 2.05) is 0 Å². The molecule has 1 rings (SSSR count). The summed E-state index contributed by atoms with van der Waals surface area (Å²) in [5, 5.41) is 1.98. The average Bonchev–Trinajstić information content (AvgIpc) is 2.11. The van der Waals surface area contributed by atoms with Crippen molar-refractivity contribution in [3.05, 3.63) is 17.0 Å². The molecule has 0 aliphatic carbocycles. The van der Waals surface area contributed by atoms with Crippen molar-refractivity contribution in [1.29, 1.82) is 0 Å². The maximum Gasteiger partial charge on any atom is 0.221 e. The first kappa shape index (κ1) is 12.7. The maximum atomic E-state index is 13.4. The Bertz CT molecular complexity index is 410. The zero-order chi connectivity index (χ0) is 12.3. The Balaban J connectivity index is 3.06. The van der Waals surface area contributed by atoms with Crippen molar-refractivity contribution in [3.8, 4) is 5.88 Å². The summed E-state index contributed by atoms with van der Waals surface area (Å²) in [6.45, 7) is 4.88. The Morgan fingerprint density at radius 2 is 2.25 bits per heavy atom. The van der Waals surface area contributed by atoms with Crippen molar-refractivity contribution < 1.29 is 13.9 Å². The number of hydrogen-bond donors (Lipinski definition) is 1. The summed E-state index contributed by atoms with van der Waals surface area (Å²) in [6.07, 6.45) is -0.112. The van der Waals surface area contributed by atoms with Gasteiger partial charge in [-0.3, -0.25) is 4.79 Å². The van der Waals surface area contributed by atoms with Gasteiger partial charge in [0.15, 0.2) is 11.0 Å². The molecule has 1 amide bonds. The summed E-state index contributed by atoms with van der Waals surface area (Å²) in [7, 11) is 0. The molecule has 0 spiro atoms.